The number of anilines is 1. The van der Waals surface area contributed by atoms with Gasteiger partial charge in [-0.05, 0) is 33.0 Å². The van der Waals surface area contributed by atoms with Crippen LogP contribution >= 0.6 is 12.2 Å². The molecule has 4 heteroatoms. The Balaban J connectivity index is 2.55. The van der Waals surface area contributed by atoms with Crippen LogP contribution in [0.5, 0.6) is 0 Å². The van der Waals surface area contributed by atoms with Crippen molar-refractivity contribution in [1.82, 2.24) is 4.90 Å². The summed E-state index contributed by atoms with van der Waals surface area (Å²) in [4.78, 5) is 2.72. The molecule has 0 saturated carbocycles. The van der Waals surface area contributed by atoms with Crippen molar-refractivity contribution in [3.05, 3.63) is 29.8 Å². The van der Waals surface area contributed by atoms with Crippen LogP contribution in [0.2, 0.25) is 0 Å². The van der Waals surface area contributed by atoms with Crippen LogP contribution in [0.4, 0.5) is 5.69 Å². The number of likely N-dealkylation sites (N-methyl/N-ethyl adjacent to an activating group) is 1. The van der Waals surface area contributed by atoms with Gasteiger partial charge >= 0.3 is 0 Å². The summed E-state index contributed by atoms with van der Waals surface area (Å²) in [5.74, 6) is 0. The predicted molar refractivity (Wildman–Crippen MR) is 78.6 cm³/mol. The van der Waals surface area contributed by atoms with E-state index in [4.69, 9.17) is 18.0 Å². The summed E-state index contributed by atoms with van der Waals surface area (Å²) < 4.78 is 0. The van der Waals surface area contributed by atoms with Crippen LogP contribution in [0.1, 0.15) is 19.4 Å². The van der Waals surface area contributed by atoms with E-state index in [0.29, 0.717) is 11.0 Å². The summed E-state index contributed by atoms with van der Waals surface area (Å²) in [7, 11) is 2.12. The summed E-state index contributed by atoms with van der Waals surface area (Å²) in [5.41, 5.74) is 7.60. The van der Waals surface area contributed by atoms with Gasteiger partial charge in [0.25, 0.3) is 0 Å². The van der Waals surface area contributed by atoms with Gasteiger partial charge in [-0.2, -0.15) is 0 Å². The largest absolute Gasteiger partial charge is 0.389 e. The van der Waals surface area contributed by atoms with Gasteiger partial charge in [0.15, 0.2) is 0 Å². The SMILES string of the molecule is CC(C)N(C)CCNc1ccccc1C(N)=S. The maximum absolute atomic E-state index is 5.68. The molecule has 0 amide bonds. The Hall–Kier alpha value is -1.13. The van der Waals surface area contributed by atoms with Crippen molar-refractivity contribution in [2.24, 2.45) is 5.73 Å². The minimum Gasteiger partial charge on any atom is -0.389 e. The fourth-order valence-corrected chi connectivity index (χ4v) is 1.66. The van der Waals surface area contributed by atoms with Crippen molar-refractivity contribution in [1.29, 1.82) is 0 Å². The summed E-state index contributed by atoms with van der Waals surface area (Å²) in [6.45, 7) is 6.24. The zero-order chi connectivity index (χ0) is 12.8. The number of nitrogens with one attached hydrogen (secondary N) is 1. The summed E-state index contributed by atoms with van der Waals surface area (Å²) in [6, 6.07) is 8.43. The molecule has 3 N–H and O–H groups in total. The van der Waals surface area contributed by atoms with Crippen molar-refractivity contribution in [2.75, 3.05) is 25.5 Å². The van der Waals surface area contributed by atoms with Gasteiger partial charge < -0.3 is 16.0 Å². The monoisotopic (exact) mass is 251 g/mol. The van der Waals surface area contributed by atoms with Crippen molar-refractivity contribution < 1.29 is 0 Å². The third-order valence-electron chi connectivity index (χ3n) is 2.85. The van der Waals surface area contributed by atoms with Gasteiger partial charge in [0.2, 0.25) is 0 Å². The van der Waals surface area contributed by atoms with Crippen LogP contribution in [-0.2, 0) is 0 Å². The molecule has 0 atom stereocenters. The molecular weight excluding hydrogens is 230 g/mol. The molecule has 17 heavy (non-hydrogen) atoms. The number of hydrogen-bond donors (Lipinski definition) is 2. The van der Waals surface area contributed by atoms with E-state index in [1.807, 2.05) is 24.3 Å². The lowest BCUT2D eigenvalue weighted by Gasteiger charge is -2.21. The lowest BCUT2D eigenvalue weighted by Crippen LogP contribution is -2.31. The number of nitrogens with two attached hydrogens (primary N) is 1. The normalized spacial score (nSPS) is 10.9. The highest BCUT2D eigenvalue weighted by Gasteiger charge is 2.05. The second-order valence-corrected chi connectivity index (χ2v) is 4.85. The smallest absolute Gasteiger partial charge is 0.106 e. The molecule has 94 valence electrons. The minimum absolute atomic E-state index is 0.435. The number of para-hydroxylation sites is 1. The maximum atomic E-state index is 5.68. The molecule has 0 aliphatic heterocycles. The molecule has 0 radical (unpaired) electrons. The van der Waals surface area contributed by atoms with Gasteiger partial charge in [0.1, 0.15) is 4.99 Å². The maximum Gasteiger partial charge on any atom is 0.106 e. The molecule has 0 aromatic heterocycles. The zero-order valence-corrected chi connectivity index (χ0v) is 11.6. The Morgan fingerprint density at radius 3 is 2.65 bits per heavy atom. The first-order valence-electron chi connectivity index (χ1n) is 5.85. The van der Waals surface area contributed by atoms with E-state index >= 15 is 0 Å². The van der Waals surface area contributed by atoms with Gasteiger partial charge in [-0.25, -0.2) is 0 Å². The molecule has 3 nitrogen and oxygen atoms in total. The average Bonchev–Trinajstić information content (AvgIpc) is 2.29. The molecule has 0 aliphatic rings. The Morgan fingerprint density at radius 1 is 1.41 bits per heavy atom. The average molecular weight is 251 g/mol. The highest BCUT2D eigenvalue weighted by atomic mass is 32.1. The lowest BCUT2D eigenvalue weighted by molar-refractivity contribution is 0.284. The highest BCUT2D eigenvalue weighted by molar-refractivity contribution is 7.80. The third kappa shape index (κ3) is 4.32. The number of hydrogen-bond acceptors (Lipinski definition) is 3. The second kappa shape index (κ2) is 6.57. The Labute approximate surface area is 109 Å². The zero-order valence-electron chi connectivity index (χ0n) is 10.7. The van der Waals surface area contributed by atoms with E-state index in [2.05, 4.69) is 31.1 Å². The van der Waals surface area contributed by atoms with Crippen LogP contribution in [0.25, 0.3) is 0 Å². The number of thiocarbonyl (C=S) groups is 1. The van der Waals surface area contributed by atoms with Crippen molar-refractivity contribution in [3.8, 4) is 0 Å². The first-order valence-corrected chi connectivity index (χ1v) is 6.26. The molecule has 1 rings (SSSR count). The molecule has 0 fully saturated rings. The van der Waals surface area contributed by atoms with Crippen LogP contribution in [0, 0.1) is 0 Å². The van der Waals surface area contributed by atoms with Gasteiger partial charge in [-0.1, -0.05) is 24.4 Å². The van der Waals surface area contributed by atoms with Crippen LogP contribution in [0.15, 0.2) is 24.3 Å². The number of nitrogens with zero attached hydrogens (tertiary/aromatic N) is 1. The Kier molecular flexibility index (Phi) is 5.38. The summed E-state index contributed by atoms with van der Waals surface area (Å²) in [5, 5.41) is 3.37. The molecule has 1 aromatic rings. The van der Waals surface area contributed by atoms with Crippen LogP contribution < -0.4 is 11.1 Å². The van der Waals surface area contributed by atoms with E-state index in [0.717, 1.165) is 24.3 Å². The van der Waals surface area contributed by atoms with Crippen molar-refractivity contribution >= 4 is 22.9 Å². The van der Waals surface area contributed by atoms with E-state index in [1.54, 1.807) is 0 Å². The van der Waals surface area contributed by atoms with Gasteiger partial charge in [0.05, 0.1) is 0 Å². The topological polar surface area (TPSA) is 41.3 Å². The highest BCUT2D eigenvalue weighted by Crippen LogP contribution is 2.14. The first-order chi connectivity index (χ1) is 8.02. The first kappa shape index (κ1) is 13.9. The van der Waals surface area contributed by atoms with Crippen LogP contribution in [-0.4, -0.2) is 36.1 Å². The van der Waals surface area contributed by atoms with E-state index in [-0.39, 0.29) is 0 Å². The van der Waals surface area contributed by atoms with Gasteiger partial charge in [0, 0.05) is 30.4 Å². The summed E-state index contributed by atoms with van der Waals surface area (Å²) in [6.07, 6.45) is 0. The second-order valence-electron chi connectivity index (χ2n) is 4.41. The Bertz CT molecular complexity index is 377. The number of rotatable bonds is 6. The van der Waals surface area contributed by atoms with Crippen LogP contribution in [0.3, 0.4) is 0 Å². The quantitative estimate of drug-likeness (QED) is 0.760. The fourth-order valence-electron chi connectivity index (χ4n) is 1.48. The lowest BCUT2D eigenvalue weighted by atomic mass is 10.2. The van der Waals surface area contributed by atoms with Crippen molar-refractivity contribution in [2.45, 2.75) is 19.9 Å². The molecule has 0 saturated heterocycles. The predicted octanol–water partition coefficient (Wildman–Crippen LogP) is 2.07. The van der Waals surface area contributed by atoms with E-state index in [1.165, 1.54) is 0 Å². The molecule has 0 heterocycles. The molecule has 0 aliphatic carbocycles. The molecule has 0 unspecified atom stereocenters. The number of benzene rings is 1. The Morgan fingerprint density at radius 2 is 2.06 bits per heavy atom. The molecular formula is C13H21N3S. The van der Waals surface area contributed by atoms with Gasteiger partial charge in [-0.3, -0.25) is 0 Å². The van der Waals surface area contributed by atoms with E-state index in [9.17, 15) is 0 Å². The summed E-state index contributed by atoms with van der Waals surface area (Å²) >= 11 is 5.02. The standard InChI is InChI=1S/C13H21N3S/c1-10(2)16(3)9-8-15-12-7-5-4-6-11(12)13(14)17/h4-7,10,15H,8-9H2,1-3H3,(H2,14,17). The molecule has 1 aromatic carbocycles. The fraction of sp³-hybridized carbons (Fsp3) is 0.462. The molecule has 0 spiro atoms. The van der Waals surface area contributed by atoms with Crippen molar-refractivity contribution in [3.63, 3.8) is 0 Å². The third-order valence-corrected chi connectivity index (χ3v) is 3.07. The molecule has 0 bridgehead atoms. The minimum atomic E-state index is 0.435. The van der Waals surface area contributed by atoms with Gasteiger partial charge in [-0.15, -0.1) is 0 Å². The van der Waals surface area contributed by atoms with E-state index < -0.39 is 0 Å².